The van der Waals surface area contributed by atoms with Gasteiger partial charge in [0.05, 0.1) is 0 Å². The molecule has 3 N–H and O–H groups in total. The molecule has 0 aromatic rings. The van der Waals surface area contributed by atoms with Crippen LogP contribution < -0.4 is 11.1 Å². The maximum absolute atomic E-state index is 11.3. The van der Waals surface area contributed by atoms with Gasteiger partial charge in [0.15, 0.2) is 0 Å². The second kappa shape index (κ2) is 5.35. The summed E-state index contributed by atoms with van der Waals surface area (Å²) in [6.07, 6.45) is 2.87. The maximum atomic E-state index is 11.3. The van der Waals surface area contributed by atoms with Gasteiger partial charge in [-0.1, -0.05) is 13.8 Å². The summed E-state index contributed by atoms with van der Waals surface area (Å²) in [6, 6.07) is 0. The first-order valence-electron chi connectivity index (χ1n) is 5.62. The molecule has 0 spiro atoms. The lowest BCUT2D eigenvalue weighted by molar-refractivity contribution is -0.124. The van der Waals surface area contributed by atoms with Crippen molar-refractivity contribution in [3.8, 4) is 0 Å². The van der Waals surface area contributed by atoms with Gasteiger partial charge in [0.1, 0.15) is 0 Å². The molecule has 0 aromatic heterocycles. The Morgan fingerprint density at radius 1 is 1.57 bits per heavy atom. The largest absolute Gasteiger partial charge is 0.356 e. The molecule has 1 rings (SSSR count). The fourth-order valence-corrected chi connectivity index (χ4v) is 2.48. The molecule has 0 radical (unpaired) electrons. The van der Waals surface area contributed by atoms with Gasteiger partial charge in [-0.25, -0.2) is 0 Å². The fraction of sp³-hybridized carbons (Fsp3) is 0.909. The third kappa shape index (κ3) is 2.98. The molecule has 82 valence electrons. The smallest absolute Gasteiger partial charge is 0.220 e. The molecular weight excluding hydrogens is 176 g/mol. The highest BCUT2D eigenvalue weighted by Crippen LogP contribution is 2.30. The van der Waals surface area contributed by atoms with Crippen molar-refractivity contribution in [2.45, 2.75) is 33.1 Å². The molecule has 14 heavy (non-hydrogen) atoms. The van der Waals surface area contributed by atoms with Crippen LogP contribution >= 0.6 is 0 Å². The summed E-state index contributed by atoms with van der Waals surface area (Å²) in [5, 5.41) is 2.88. The topological polar surface area (TPSA) is 55.1 Å². The Labute approximate surface area is 86.4 Å². The normalized spacial score (nSPS) is 24.9. The zero-order chi connectivity index (χ0) is 10.6. The van der Waals surface area contributed by atoms with Gasteiger partial charge in [0.2, 0.25) is 5.91 Å². The van der Waals surface area contributed by atoms with Crippen LogP contribution in [-0.4, -0.2) is 19.0 Å². The molecule has 0 bridgehead atoms. The second-order valence-electron chi connectivity index (χ2n) is 4.59. The summed E-state index contributed by atoms with van der Waals surface area (Å²) in [6.45, 7) is 6.04. The van der Waals surface area contributed by atoms with Crippen molar-refractivity contribution in [3.63, 3.8) is 0 Å². The van der Waals surface area contributed by atoms with E-state index in [1.54, 1.807) is 0 Å². The van der Waals surface area contributed by atoms with Crippen molar-refractivity contribution in [2.75, 3.05) is 13.1 Å². The lowest BCUT2D eigenvalue weighted by atomic mass is 9.76. The van der Waals surface area contributed by atoms with E-state index in [2.05, 4.69) is 19.2 Å². The van der Waals surface area contributed by atoms with Crippen LogP contribution in [0.4, 0.5) is 0 Å². The quantitative estimate of drug-likeness (QED) is 0.711. The minimum absolute atomic E-state index is 0.212. The zero-order valence-electron chi connectivity index (χ0n) is 9.25. The van der Waals surface area contributed by atoms with Crippen molar-refractivity contribution >= 4 is 5.91 Å². The number of rotatable bonds is 4. The third-order valence-corrected chi connectivity index (χ3v) is 3.25. The van der Waals surface area contributed by atoms with Crippen LogP contribution in [0.25, 0.3) is 0 Å². The standard InChI is InChI=1S/C11H22N2O/c1-8(2)10(3-5-12)9-4-6-13-11(14)7-9/h8-10H,3-7,12H2,1-2H3,(H,13,14). The van der Waals surface area contributed by atoms with E-state index < -0.39 is 0 Å². The predicted octanol–water partition coefficient (Wildman–Crippen LogP) is 1.13. The molecule has 2 unspecified atom stereocenters. The highest BCUT2D eigenvalue weighted by Gasteiger charge is 2.28. The van der Waals surface area contributed by atoms with Gasteiger partial charge in [-0.15, -0.1) is 0 Å². The van der Waals surface area contributed by atoms with Gasteiger partial charge in [-0.05, 0) is 37.1 Å². The van der Waals surface area contributed by atoms with Gasteiger partial charge >= 0.3 is 0 Å². The second-order valence-corrected chi connectivity index (χ2v) is 4.59. The Morgan fingerprint density at radius 3 is 2.79 bits per heavy atom. The Morgan fingerprint density at radius 2 is 2.29 bits per heavy atom. The Balaban J connectivity index is 2.53. The van der Waals surface area contributed by atoms with Gasteiger partial charge in [0.25, 0.3) is 0 Å². The van der Waals surface area contributed by atoms with Gasteiger partial charge in [0, 0.05) is 13.0 Å². The minimum atomic E-state index is 0.212. The van der Waals surface area contributed by atoms with Crippen LogP contribution in [0.5, 0.6) is 0 Å². The summed E-state index contributed by atoms with van der Waals surface area (Å²) in [4.78, 5) is 11.3. The minimum Gasteiger partial charge on any atom is -0.356 e. The first-order chi connectivity index (χ1) is 6.65. The summed E-state index contributed by atoms with van der Waals surface area (Å²) in [5.74, 6) is 2.01. The SMILES string of the molecule is CC(C)C(CCN)C1CCNC(=O)C1. The molecule has 3 heteroatoms. The molecule has 1 aliphatic rings. The molecule has 1 saturated heterocycles. The van der Waals surface area contributed by atoms with Crippen LogP contribution in [0, 0.1) is 17.8 Å². The van der Waals surface area contributed by atoms with E-state index in [0.29, 0.717) is 24.2 Å². The summed E-state index contributed by atoms with van der Waals surface area (Å²) in [7, 11) is 0. The van der Waals surface area contributed by atoms with Crippen LogP contribution in [0.1, 0.15) is 33.1 Å². The Hall–Kier alpha value is -0.570. The van der Waals surface area contributed by atoms with E-state index in [9.17, 15) is 4.79 Å². The Kier molecular flexibility index (Phi) is 4.39. The van der Waals surface area contributed by atoms with Gasteiger partial charge in [-0.3, -0.25) is 4.79 Å². The van der Waals surface area contributed by atoms with E-state index >= 15 is 0 Å². The molecule has 1 amide bonds. The Bertz CT molecular complexity index is 192. The maximum Gasteiger partial charge on any atom is 0.220 e. The molecule has 0 aliphatic carbocycles. The summed E-state index contributed by atoms with van der Waals surface area (Å²) in [5.41, 5.74) is 5.61. The number of carbonyl (C=O) groups is 1. The van der Waals surface area contributed by atoms with Crippen LogP contribution in [0.2, 0.25) is 0 Å². The fourth-order valence-electron chi connectivity index (χ4n) is 2.48. The van der Waals surface area contributed by atoms with Crippen molar-refractivity contribution in [2.24, 2.45) is 23.5 Å². The highest BCUT2D eigenvalue weighted by atomic mass is 16.1. The first-order valence-corrected chi connectivity index (χ1v) is 5.62. The van der Waals surface area contributed by atoms with Crippen LogP contribution in [0.3, 0.4) is 0 Å². The van der Waals surface area contributed by atoms with Crippen molar-refractivity contribution < 1.29 is 4.79 Å². The van der Waals surface area contributed by atoms with Gasteiger partial charge in [-0.2, -0.15) is 0 Å². The lowest BCUT2D eigenvalue weighted by Crippen LogP contribution is -2.38. The average Bonchev–Trinajstić information content (AvgIpc) is 2.13. The molecule has 0 saturated carbocycles. The average molecular weight is 198 g/mol. The molecular formula is C11H22N2O. The molecule has 2 atom stereocenters. The predicted molar refractivity (Wildman–Crippen MR) is 57.7 cm³/mol. The number of nitrogens with two attached hydrogens (primary N) is 1. The molecule has 1 heterocycles. The number of nitrogens with one attached hydrogen (secondary N) is 1. The van der Waals surface area contributed by atoms with Crippen molar-refractivity contribution in [3.05, 3.63) is 0 Å². The van der Waals surface area contributed by atoms with Crippen molar-refractivity contribution in [1.29, 1.82) is 0 Å². The van der Waals surface area contributed by atoms with Crippen LogP contribution in [-0.2, 0) is 4.79 Å². The number of piperidine rings is 1. The zero-order valence-corrected chi connectivity index (χ0v) is 9.25. The van der Waals surface area contributed by atoms with E-state index in [1.807, 2.05) is 0 Å². The summed E-state index contributed by atoms with van der Waals surface area (Å²) < 4.78 is 0. The number of amides is 1. The van der Waals surface area contributed by atoms with E-state index in [0.717, 1.165) is 25.9 Å². The van der Waals surface area contributed by atoms with E-state index in [-0.39, 0.29) is 5.91 Å². The molecule has 1 aliphatic heterocycles. The summed E-state index contributed by atoms with van der Waals surface area (Å²) >= 11 is 0. The first kappa shape index (κ1) is 11.5. The van der Waals surface area contributed by atoms with E-state index in [4.69, 9.17) is 5.73 Å². The van der Waals surface area contributed by atoms with Crippen molar-refractivity contribution in [1.82, 2.24) is 5.32 Å². The van der Waals surface area contributed by atoms with E-state index in [1.165, 1.54) is 0 Å². The van der Waals surface area contributed by atoms with Gasteiger partial charge < -0.3 is 11.1 Å². The highest BCUT2D eigenvalue weighted by molar-refractivity contribution is 5.76. The molecule has 0 aromatic carbocycles. The monoisotopic (exact) mass is 198 g/mol. The number of hydrogen-bond donors (Lipinski definition) is 2. The number of hydrogen-bond acceptors (Lipinski definition) is 2. The lowest BCUT2D eigenvalue weighted by Gasteiger charge is -2.32. The van der Waals surface area contributed by atoms with Crippen LogP contribution in [0.15, 0.2) is 0 Å². The third-order valence-electron chi connectivity index (χ3n) is 3.25. The molecule has 1 fully saturated rings. The number of carbonyl (C=O) groups excluding carboxylic acids is 1. The molecule has 3 nitrogen and oxygen atoms in total.